The number of rotatable bonds is 1. The molecule has 2 nitrogen and oxygen atoms in total. The maximum absolute atomic E-state index is 6.55. The van der Waals surface area contributed by atoms with Crippen molar-refractivity contribution in [3.05, 3.63) is 117 Å². The van der Waals surface area contributed by atoms with Crippen LogP contribution in [0.5, 0.6) is 23.0 Å². The zero-order valence-corrected chi connectivity index (χ0v) is 18.9. The van der Waals surface area contributed by atoms with Gasteiger partial charge in [0, 0.05) is 34.1 Å². The van der Waals surface area contributed by atoms with Crippen LogP contribution in [0.3, 0.4) is 0 Å². The van der Waals surface area contributed by atoms with Gasteiger partial charge in [0.05, 0.1) is 0 Å². The van der Waals surface area contributed by atoms with Gasteiger partial charge in [-0.1, -0.05) is 72.8 Å². The Morgan fingerprint density at radius 3 is 0.906 bits per heavy atom. The fraction of sp³-hybridized carbons (Fsp3) is 0.200. The molecule has 2 heteroatoms. The van der Waals surface area contributed by atoms with Gasteiger partial charge in [0.1, 0.15) is 23.0 Å². The maximum Gasteiger partial charge on any atom is 0.134 e. The fourth-order valence-corrected chi connectivity index (χ4v) is 5.50. The van der Waals surface area contributed by atoms with Crippen LogP contribution in [0.4, 0.5) is 0 Å². The van der Waals surface area contributed by atoms with E-state index in [2.05, 4.69) is 100 Å². The first-order chi connectivity index (χ1) is 15.5. The normalized spacial score (nSPS) is 14.5. The minimum atomic E-state index is 0.138. The summed E-state index contributed by atoms with van der Waals surface area (Å²) in [7, 11) is 0. The number of benzene rings is 4. The molecule has 0 saturated carbocycles. The molecule has 0 saturated heterocycles. The Hall–Kier alpha value is -3.52. The predicted octanol–water partition coefficient (Wildman–Crippen LogP) is 8.10. The van der Waals surface area contributed by atoms with Crippen molar-refractivity contribution < 1.29 is 9.47 Å². The Balaban J connectivity index is 1.70. The molecule has 0 unspecified atom stereocenters. The van der Waals surface area contributed by atoms with Crippen LogP contribution in [0.25, 0.3) is 0 Å². The SMILES string of the molecule is Cc1cccc2c1Oc1c(C)cccc1C2C1c2cccc(C)c2Oc2c(C)cccc21. The molecule has 0 bridgehead atoms. The number of ether oxygens (including phenoxy) is 2. The topological polar surface area (TPSA) is 18.5 Å². The highest BCUT2D eigenvalue weighted by molar-refractivity contribution is 5.66. The second-order valence-electron chi connectivity index (χ2n) is 9.13. The van der Waals surface area contributed by atoms with E-state index in [0.717, 1.165) is 23.0 Å². The molecule has 0 radical (unpaired) electrons. The fourth-order valence-electron chi connectivity index (χ4n) is 5.50. The standard InChI is InChI=1S/C30H26O2/c1-17-9-5-13-21-25(22-14-6-10-18(2)28(22)31-27(17)21)26-23-15-7-11-19(3)29(23)32-30-20(4)12-8-16-24(26)30/h5-16,25-26H,1-4H3. The van der Waals surface area contributed by atoms with E-state index >= 15 is 0 Å². The lowest BCUT2D eigenvalue weighted by Crippen LogP contribution is -2.23. The van der Waals surface area contributed by atoms with Crippen molar-refractivity contribution in [2.45, 2.75) is 39.5 Å². The van der Waals surface area contributed by atoms with Gasteiger partial charge in [-0.05, 0) is 49.9 Å². The lowest BCUT2D eigenvalue weighted by Gasteiger charge is -2.39. The number of fused-ring (bicyclic) bond motifs is 4. The predicted molar refractivity (Wildman–Crippen MR) is 129 cm³/mol. The third-order valence-corrected chi connectivity index (χ3v) is 7.05. The van der Waals surface area contributed by atoms with E-state index < -0.39 is 0 Å². The third kappa shape index (κ3) is 2.65. The van der Waals surface area contributed by atoms with Crippen molar-refractivity contribution in [3.63, 3.8) is 0 Å². The molecule has 0 aromatic heterocycles. The summed E-state index contributed by atoms with van der Waals surface area (Å²) >= 11 is 0. The summed E-state index contributed by atoms with van der Waals surface area (Å²) in [4.78, 5) is 0. The van der Waals surface area contributed by atoms with Crippen molar-refractivity contribution in [1.29, 1.82) is 0 Å². The molecular weight excluding hydrogens is 392 g/mol. The monoisotopic (exact) mass is 418 g/mol. The van der Waals surface area contributed by atoms with Crippen molar-refractivity contribution in [2.24, 2.45) is 0 Å². The molecule has 32 heavy (non-hydrogen) atoms. The van der Waals surface area contributed by atoms with E-state index in [0.29, 0.717) is 0 Å². The van der Waals surface area contributed by atoms with E-state index in [1.54, 1.807) is 0 Å². The highest BCUT2D eigenvalue weighted by Gasteiger charge is 2.41. The molecule has 0 N–H and O–H groups in total. The van der Waals surface area contributed by atoms with Crippen LogP contribution >= 0.6 is 0 Å². The Morgan fingerprint density at radius 2 is 0.656 bits per heavy atom. The van der Waals surface area contributed by atoms with E-state index in [4.69, 9.17) is 9.47 Å². The number of hydrogen-bond acceptors (Lipinski definition) is 2. The lowest BCUT2D eigenvalue weighted by molar-refractivity contribution is 0.407. The highest BCUT2D eigenvalue weighted by Crippen LogP contribution is 2.58. The van der Waals surface area contributed by atoms with Gasteiger partial charge in [-0.25, -0.2) is 0 Å². The van der Waals surface area contributed by atoms with E-state index in [1.165, 1.54) is 44.5 Å². The molecule has 2 aliphatic heterocycles. The summed E-state index contributed by atoms with van der Waals surface area (Å²) in [5.41, 5.74) is 9.66. The molecule has 0 aliphatic carbocycles. The molecule has 158 valence electrons. The molecule has 2 heterocycles. The van der Waals surface area contributed by atoms with Gasteiger partial charge in [-0.3, -0.25) is 0 Å². The Kier molecular flexibility index (Phi) is 4.19. The minimum Gasteiger partial charge on any atom is -0.456 e. The van der Waals surface area contributed by atoms with Gasteiger partial charge >= 0.3 is 0 Å². The smallest absolute Gasteiger partial charge is 0.134 e. The molecule has 4 aromatic carbocycles. The summed E-state index contributed by atoms with van der Waals surface area (Å²) < 4.78 is 13.1. The van der Waals surface area contributed by atoms with E-state index in [9.17, 15) is 0 Å². The Labute approximate surface area is 189 Å². The van der Waals surface area contributed by atoms with Crippen LogP contribution in [-0.4, -0.2) is 0 Å². The summed E-state index contributed by atoms with van der Waals surface area (Å²) in [6.07, 6.45) is 0. The van der Waals surface area contributed by atoms with E-state index in [1.807, 2.05) is 0 Å². The molecule has 0 fully saturated rings. The van der Waals surface area contributed by atoms with Crippen LogP contribution in [0, 0.1) is 27.7 Å². The number of aryl methyl sites for hydroxylation is 4. The van der Waals surface area contributed by atoms with Crippen LogP contribution in [0.15, 0.2) is 72.8 Å². The first-order valence-corrected chi connectivity index (χ1v) is 11.3. The molecule has 0 amide bonds. The molecule has 2 aliphatic rings. The molecule has 4 aromatic rings. The lowest BCUT2D eigenvalue weighted by atomic mass is 9.70. The maximum atomic E-state index is 6.55. The quantitative estimate of drug-likeness (QED) is 0.311. The summed E-state index contributed by atoms with van der Waals surface area (Å²) in [5.74, 6) is 4.25. The first kappa shape index (κ1) is 19.2. The number of hydrogen-bond donors (Lipinski definition) is 0. The average Bonchev–Trinajstić information content (AvgIpc) is 2.79. The summed E-state index contributed by atoms with van der Waals surface area (Å²) in [5, 5.41) is 0. The van der Waals surface area contributed by atoms with Crippen LogP contribution in [0.2, 0.25) is 0 Å². The minimum absolute atomic E-state index is 0.138. The summed E-state index contributed by atoms with van der Waals surface area (Å²) in [6, 6.07) is 26.1. The Morgan fingerprint density at radius 1 is 0.406 bits per heavy atom. The molecular formula is C30H26O2. The molecule has 0 spiro atoms. The second kappa shape index (κ2) is 7.00. The first-order valence-electron chi connectivity index (χ1n) is 11.3. The largest absolute Gasteiger partial charge is 0.456 e. The molecule has 6 rings (SSSR count). The van der Waals surface area contributed by atoms with Crippen LogP contribution in [-0.2, 0) is 0 Å². The summed E-state index contributed by atoms with van der Waals surface area (Å²) in [6.45, 7) is 8.55. The third-order valence-electron chi connectivity index (χ3n) is 7.05. The van der Waals surface area contributed by atoms with Gasteiger partial charge < -0.3 is 9.47 Å². The van der Waals surface area contributed by atoms with Crippen molar-refractivity contribution >= 4 is 0 Å². The van der Waals surface area contributed by atoms with Gasteiger partial charge in [0.2, 0.25) is 0 Å². The van der Waals surface area contributed by atoms with E-state index in [-0.39, 0.29) is 11.8 Å². The van der Waals surface area contributed by atoms with Crippen molar-refractivity contribution in [1.82, 2.24) is 0 Å². The molecule has 0 atom stereocenters. The average molecular weight is 419 g/mol. The zero-order valence-electron chi connectivity index (χ0n) is 18.9. The van der Waals surface area contributed by atoms with Crippen LogP contribution < -0.4 is 9.47 Å². The van der Waals surface area contributed by atoms with Gasteiger partial charge in [-0.15, -0.1) is 0 Å². The van der Waals surface area contributed by atoms with Crippen LogP contribution in [0.1, 0.15) is 56.3 Å². The highest BCUT2D eigenvalue weighted by atomic mass is 16.5. The zero-order chi connectivity index (χ0) is 22.0. The van der Waals surface area contributed by atoms with Gasteiger partial charge in [0.25, 0.3) is 0 Å². The van der Waals surface area contributed by atoms with Crippen molar-refractivity contribution in [2.75, 3.05) is 0 Å². The number of para-hydroxylation sites is 4. The second-order valence-corrected chi connectivity index (χ2v) is 9.13. The van der Waals surface area contributed by atoms with Gasteiger partial charge in [-0.2, -0.15) is 0 Å². The van der Waals surface area contributed by atoms with Gasteiger partial charge in [0.15, 0.2) is 0 Å². The van der Waals surface area contributed by atoms with Crippen molar-refractivity contribution in [3.8, 4) is 23.0 Å². The Bertz CT molecular complexity index is 1170.